The number of methoxy groups -OCH3 is 1. The molecule has 2 aromatic carbocycles. The van der Waals surface area contributed by atoms with Crippen LogP contribution < -0.4 is 15.2 Å². The molecule has 0 fully saturated rings. The van der Waals surface area contributed by atoms with Crippen molar-refractivity contribution in [3.05, 3.63) is 53.6 Å². The maximum Gasteiger partial charge on any atom is 0.128 e. The Labute approximate surface area is 106 Å². The van der Waals surface area contributed by atoms with Crippen LogP contribution in [0.15, 0.2) is 42.5 Å². The number of hydrogen-bond acceptors (Lipinski definition) is 3. The van der Waals surface area contributed by atoms with Gasteiger partial charge in [0.25, 0.3) is 0 Å². The van der Waals surface area contributed by atoms with Crippen LogP contribution in [0.5, 0.6) is 11.5 Å². The Morgan fingerprint density at radius 3 is 2.94 bits per heavy atom. The number of hydrogen-bond donors (Lipinski definition) is 1. The summed E-state index contributed by atoms with van der Waals surface area (Å²) in [5.74, 6) is 1.74. The van der Waals surface area contributed by atoms with Gasteiger partial charge in [0.1, 0.15) is 17.6 Å². The molecule has 2 aromatic rings. The molecule has 0 saturated carbocycles. The molecule has 2 N–H and O–H groups in total. The fraction of sp³-hybridized carbons (Fsp3) is 0.200. The summed E-state index contributed by atoms with van der Waals surface area (Å²) in [6.07, 6.45) is 0.930. The molecule has 0 spiro atoms. The second-order valence-corrected chi connectivity index (χ2v) is 4.45. The lowest BCUT2D eigenvalue weighted by atomic mass is 10.0. The summed E-state index contributed by atoms with van der Waals surface area (Å²) in [6, 6.07) is 13.8. The van der Waals surface area contributed by atoms with Gasteiger partial charge < -0.3 is 15.2 Å². The normalized spacial score (nSPS) is 17.1. The van der Waals surface area contributed by atoms with E-state index >= 15 is 0 Å². The van der Waals surface area contributed by atoms with Gasteiger partial charge in [-0.15, -0.1) is 0 Å². The molecule has 3 nitrogen and oxygen atoms in total. The SMILES string of the molecule is COc1cccc(C2Cc3ccc(N)cc3O2)c1. The van der Waals surface area contributed by atoms with Crippen molar-refractivity contribution in [2.45, 2.75) is 12.5 Å². The highest BCUT2D eigenvalue weighted by Gasteiger charge is 2.24. The van der Waals surface area contributed by atoms with E-state index in [-0.39, 0.29) is 6.10 Å². The predicted molar refractivity (Wildman–Crippen MR) is 70.9 cm³/mol. The summed E-state index contributed by atoms with van der Waals surface area (Å²) in [6.45, 7) is 0. The average molecular weight is 241 g/mol. The van der Waals surface area contributed by atoms with Crippen LogP contribution in [0, 0.1) is 0 Å². The van der Waals surface area contributed by atoms with Crippen LogP contribution in [0.4, 0.5) is 5.69 Å². The molecule has 0 bridgehead atoms. The van der Waals surface area contributed by atoms with E-state index < -0.39 is 0 Å². The summed E-state index contributed by atoms with van der Waals surface area (Å²) in [5.41, 5.74) is 8.83. The molecule has 0 aromatic heterocycles. The van der Waals surface area contributed by atoms with E-state index in [0.717, 1.165) is 29.2 Å². The second kappa shape index (κ2) is 4.26. The molecular formula is C15H15NO2. The van der Waals surface area contributed by atoms with Gasteiger partial charge >= 0.3 is 0 Å². The van der Waals surface area contributed by atoms with Crippen molar-refractivity contribution in [1.82, 2.24) is 0 Å². The van der Waals surface area contributed by atoms with Crippen LogP contribution >= 0.6 is 0 Å². The van der Waals surface area contributed by atoms with Crippen molar-refractivity contribution in [2.75, 3.05) is 12.8 Å². The zero-order chi connectivity index (χ0) is 12.5. The van der Waals surface area contributed by atoms with Crippen molar-refractivity contribution in [3.8, 4) is 11.5 Å². The third kappa shape index (κ3) is 1.88. The van der Waals surface area contributed by atoms with Gasteiger partial charge in [-0.2, -0.15) is 0 Å². The molecule has 18 heavy (non-hydrogen) atoms. The van der Waals surface area contributed by atoms with E-state index in [1.807, 2.05) is 36.4 Å². The molecule has 0 radical (unpaired) electrons. The number of anilines is 1. The highest BCUT2D eigenvalue weighted by molar-refractivity contribution is 5.51. The van der Waals surface area contributed by atoms with Crippen LogP contribution in [-0.2, 0) is 6.42 Å². The molecule has 0 amide bonds. The second-order valence-electron chi connectivity index (χ2n) is 4.45. The van der Waals surface area contributed by atoms with Gasteiger partial charge in [0, 0.05) is 18.2 Å². The molecule has 1 aliphatic rings. The lowest BCUT2D eigenvalue weighted by Gasteiger charge is -2.12. The van der Waals surface area contributed by atoms with Gasteiger partial charge in [-0.05, 0) is 29.3 Å². The molecular weight excluding hydrogens is 226 g/mol. The van der Waals surface area contributed by atoms with Gasteiger partial charge in [0.05, 0.1) is 7.11 Å². The molecule has 3 heteroatoms. The quantitative estimate of drug-likeness (QED) is 0.822. The summed E-state index contributed by atoms with van der Waals surface area (Å²) in [4.78, 5) is 0. The number of nitrogens with two attached hydrogens (primary N) is 1. The van der Waals surface area contributed by atoms with Gasteiger partial charge in [0.15, 0.2) is 0 Å². The molecule has 1 aliphatic heterocycles. The Hall–Kier alpha value is -2.16. The first-order chi connectivity index (χ1) is 8.76. The van der Waals surface area contributed by atoms with E-state index in [0.29, 0.717) is 0 Å². The lowest BCUT2D eigenvalue weighted by Crippen LogP contribution is -2.03. The van der Waals surface area contributed by atoms with Gasteiger partial charge in [0.2, 0.25) is 0 Å². The monoisotopic (exact) mass is 241 g/mol. The van der Waals surface area contributed by atoms with Gasteiger partial charge in [-0.3, -0.25) is 0 Å². The highest BCUT2D eigenvalue weighted by atomic mass is 16.5. The van der Waals surface area contributed by atoms with E-state index in [1.165, 1.54) is 5.56 Å². The molecule has 1 unspecified atom stereocenters. The minimum Gasteiger partial charge on any atom is -0.497 e. The first kappa shape index (κ1) is 11.0. The van der Waals surface area contributed by atoms with Gasteiger partial charge in [-0.1, -0.05) is 18.2 Å². The summed E-state index contributed by atoms with van der Waals surface area (Å²) < 4.78 is 11.2. The topological polar surface area (TPSA) is 44.5 Å². The predicted octanol–water partition coefficient (Wildman–Crippen LogP) is 2.95. The van der Waals surface area contributed by atoms with Crippen molar-refractivity contribution < 1.29 is 9.47 Å². The molecule has 1 atom stereocenters. The smallest absolute Gasteiger partial charge is 0.128 e. The standard InChI is InChI=1S/C15H15NO2/c1-17-13-4-2-3-10(7-13)14-8-11-5-6-12(16)9-15(11)18-14/h2-7,9,14H,8,16H2,1H3. The summed E-state index contributed by atoms with van der Waals surface area (Å²) in [5, 5.41) is 0. The van der Waals surface area contributed by atoms with E-state index in [4.69, 9.17) is 15.2 Å². The van der Waals surface area contributed by atoms with Crippen LogP contribution in [0.2, 0.25) is 0 Å². The Balaban J connectivity index is 1.88. The van der Waals surface area contributed by atoms with Crippen LogP contribution in [0.1, 0.15) is 17.2 Å². The Morgan fingerprint density at radius 1 is 1.22 bits per heavy atom. The van der Waals surface area contributed by atoms with E-state index in [1.54, 1.807) is 7.11 Å². The summed E-state index contributed by atoms with van der Waals surface area (Å²) in [7, 11) is 1.67. The third-order valence-electron chi connectivity index (χ3n) is 3.23. The van der Waals surface area contributed by atoms with Crippen LogP contribution in [0.3, 0.4) is 0 Å². The molecule has 1 heterocycles. The van der Waals surface area contributed by atoms with Crippen molar-refractivity contribution in [3.63, 3.8) is 0 Å². The highest BCUT2D eigenvalue weighted by Crippen LogP contribution is 2.38. The average Bonchev–Trinajstić information content (AvgIpc) is 2.81. The van der Waals surface area contributed by atoms with Crippen molar-refractivity contribution >= 4 is 5.69 Å². The largest absolute Gasteiger partial charge is 0.497 e. The fourth-order valence-corrected chi connectivity index (χ4v) is 2.27. The minimum absolute atomic E-state index is 0.0527. The first-order valence-corrected chi connectivity index (χ1v) is 5.95. The molecule has 92 valence electrons. The Morgan fingerprint density at radius 2 is 2.11 bits per heavy atom. The molecule has 3 rings (SSSR count). The number of benzene rings is 2. The number of rotatable bonds is 2. The number of nitrogen functional groups attached to an aromatic ring is 1. The van der Waals surface area contributed by atoms with E-state index in [2.05, 4.69) is 6.07 Å². The van der Waals surface area contributed by atoms with Crippen molar-refractivity contribution in [1.29, 1.82) is 0 Å². The lowest BCUT2D eigenvalue weighted by molar-refractivity contribution is 0.238. The Kier molecular flexibility index (Phi) is 2.59. The number of fused-ring (bicyclic) bond motifs is 1. The van der Waals surface area contributed by atoms with Crippen molar-refractivity contribution in [2.24, 2.45) is 0 Å². The molecule has 0 saturated heterocycles. The minimum atomic E-state index is 0.0527. The van der Waals surface area contributed by atoms with Gasteiger partial charge in [-0.25, -0.2) is 0 Å². The fourth-order valence-electron chi connectivity index (χ4n) is 2.27. The first-order valence-electron chi connectivity index (χ1n) is 5.95. The summed E-state index contributed by atoms with van der Waals surface area (Å²) >= 11 is 0. The van der Waals surface area contributed by atoms with Crippen LogP contribution in [0.25, 0.3) is 0 Å². The Bertz CT molecular complexity index is 580. The molecule has 0 aliphatic carbocycles. The maximum absolute atomic E-state index is 5.94. The van der Waals surface area contributed by atoms with Crippen LogP contribution in [-0.4, -0.2) is 7.11 Å². The van der Waals surface area contributed by atoms with E-state index in [9.17, 15) is 0 Å². The third-order valence-corrected chi connectivity index (χ3v) is 3.23. The zero-order valence-corrected chi connectivity index (χ0v) is 10.2. The zero-order valence-electron chi connectivity index (χ0n) is 10.2. The maximum atomic E-state index is 5.94. The number of ether oxygens (including phenoxy) is 2.